The van der Waals surface area contributed by atoms with E-state index in [0.717, 1.165) is 84.4 Å². The highest BCUT2D eigenvalue weighted by Crippen LogP contribution is 2.38. The molecular weight excluding hydrogens is 504 g/mol. The zero-order valence-electron chi connectivity index (χ0n) is 23.0. The number of aromatic nitrogens is 3. The van der Waals surface area contributed by atoms with Gasteiger partial charge in [0.25, 0.3) is 0 Å². The summed E-state index contributed by atoms with van der Waals surface area (Å²) in [7, 11) is 2.19. The molecule has 40 heavy (non-hydrogen) atoms. The van der Waals surface area contributed by atoms with Crippen molar-refractivity contribution in [2.75, 3.05) is 45.2 Å². The Morgan fingerprint density at radius 1 is 1.10 bits per heavy atom. The molecule has 3 aliphatic heterocycles. The quantitative estimate of drug-likeness (QED) is 0.389. The lowest BCUT2D eigenvalue weighted by atomic mass is 9.96. The number of amides is 1. The minimum atomic E-state index is -0.0128. The molecule has 5 heterocycles. The molecular formula is C31H34N6O3. The molecule has 0 bridgehead atoms. The molecule has 7 rings (SSSR count). The van der Waals surface area contributed by atoms with Gasteiger partial charge in [-0.1, -0.05) is 6.07 Å². The van der Waals surface area contributed by atoms with Crippen LogP contribution in [0.3, 0.4) is 0 Å². The average molecular weight is 539 g/mol. The van der Waals surface area contributed by atoms with Gasteiger partial charge in [-0.25, -0.2) is 9.97 Å². The molecule has 0 saturated carbocycles. The number of likely N-dealkylation sites (N-methyl/N-ethyl adjacent to an activating group) is 1. The van der Waals surface area contributed by atoms with Crippen molar-refractivity contribution in [3.8, 4) is 17.2 Å². The fourth-order valence-corrected chi connectivity index (χ4v) is 6.02. The first kappa shape index (κ1) is 25.0. The number of H-pyrrole nitrogens is 1. The lowest BCUT2D eigenvalue weighted by molar-refractivity contribution is -0.116. The van der Waals surface area contributed by atoms with Crippen LogP contribution in [0.15, 0.2) is 42.6 Å². The van der Waals surface area contributed by atoms with E-state index in [9.17, 15) is 4.79 Å². The highest BCUT2D eigenvalue weighted by molar-refractivity contribution is 5.93. The van der Waals surface area contributed by atoms with Gasteiger partial charge in [0.15, 0.2) is 0 Å². The molecule has 0 radical (unpaired) electrons. The summed E-state index contributed by atoms with van der Waals surface area (Å²) in [5, 5.41) is 2.84. The fourth-order valence-electron chi connectivity index (χ4n) is 6.02. The van der Waals surface area contributed by atoms with Crippen molar-refractivity contribution in [1.82, 2.24) is 24.8 Å². The minimum absolute atomic E-state index is 0.0128. The Labute approximate surface area is 233 Å². The zero-order valence-corrected chi connectivity index (χ0v) is 23.0. The molecule has 0 aliphatic carbocycles. The molecule has 0 spiro atoms. The number of nitrogens with one attached hydrogen (secondary N) is 2. The van der Waals surface area contributed by atoms with Crippen molar-refractivity contribution in [1.29, 1.82) is 0 Å². The smallest absolute Gasteiger partial charge is 0.225 e. The normalized spacial score (nSPS) is 19.6. The van der Waals surface area contributed by atoms with Crippen LogP contribution in [0.5, 0.6) is 17.2 Å². The molecule has 2 N–H and O–H groups in total. The number of hydrogen-bond acceptors (Lipinski definition) is 7. The van der Waals surface area contributed by atoms with Crippen molar-refractivity contribution < 1.29 is 14.3 Å². The second-order valence-electron chi connectivity index (χ2n) is 11.3. The van der Waals surface area contributed by atoms with E-state index in [2.05, 4.69) is 57.3 Å². The summed E-state index contributed by atoms with van der Waals surface area (Å²) in [5.41, 5.74) is 6.69. The molecule has 1 fully saturated rings. The summed E-state index contributed by atoms with van der Waals surface area (Å²) in [6, 6.07) is 12.4. The maximum atomic E-state index is 11.8. The molecule has 1 amide bonds. The second-order valence-corrected chi connectivity index (χ2v) is 11.3. The van der Waals surface area contributed by atoms with Gasteiger partial charge in [0, 0.05) is 50.9 Å². The highest BCUT2D eigenvalue weighted by Gasteiger charge is 2.26. The Kier molecular flexibility index (Phi) is 6.40. The number of nitrogens with zero attached hydrogens (tertiary/aromatic N) is 4. The monoisotopic (exact) mass is 538 g/mol. The van der Waals surface area contributed by atoms with E-state index in [1.807, 2.05) is 18.2 Å². The van der Waals surface area contributed by atoms with Crippen LogP contribution >= 0.6 is 0 Å². The number of imidazole rings is 1. The third-order valence-electron chi connectivity index (χ3n) is 8.28. The van der Waals surface area contributed by atoms with Gasteiger partial charge in [-0.15, -0.1) is 0 Å². The van der Waals surface area contributed by atoms with Crippen LogP contribution < -0.4 is 14.8 Å². The lowest BCUT2D eigenvalue weighted by Gasteiger charge is -2.32. The Morgan fingerprint density at radius 2 is 1.98 bits per heavy atom. The van der Waals surface area contributed by atoms with Gasteiger partial charge in [-0.2, -0.15) is 0 Å². The third kappa shape index (κ3) is 4.91. The number of benzene rings is 2. The van der Waals surface area contributed by atoms with E-state index in [1.54, 1.807) is 6.20 Å². The number of rotatable bonds is 5. The third-order valence-corrected chi connectivity index (χ3v) is 8.28. The van der Waals surface area contributed by atoms with Gasteiger partial charge < -0.3 is 24.7 Å². The van der Waals surface area contributed by atoms with Gasteiger partial charge in [-0.05, 0) is 73.8 Å². The second kappa shape index (κ2) is 10.2. The van der Waals surface area contributed by atoms with Crippen LogP contribution in [0.1, 0.15) is 40.4 Å². The summed E-state index contributed by atoms with van der Waals surface area (Å²) in [6.07, 6.45) is 3.52. The van der Waals surface area contributed by atoms with Gasteiger partial charge in [0.1, 0.15) is 28.9 Å². The maximum absolute atomic E-state index is 11.8. The predicted molar refractivity (Wildman–Crippen MR) is 153 cm³/mol. The van der Waals surface area contributed by atoms with Crippen molar-refractivity contribution in [2.24, 2.45) is 0 Å². The Balaban J connectivity index is 1.09. The van der Waals surface area contributed by atoms with E-state index in [4.69, 9.17) is 14.5 Å². The number of anilines is 1. The molecule has 1 atom stereocenters. The molecule has 206 valence electrons. The van der Waals surface area contributed by atoms with Crippen LogP contribution in [0.2, 0.25) is 0 Å². The summed E-state index contributed by atoms with van der Waals surface area (Å²) in [4.78, 5) is 29.6. The number of pyridine rings is 1. The number of aromatic amines is 1. The summed E-state index contributed by atoms with van der Waals surface area (Å²) >= 11 is 0. The Morgan fingerprint density at radius 3 is 2.85 bits per heavy atom. The van der Waals surface area contributed by atoms with Crippen molar-refractivity contribution >= 4 is 22.8 Å². The highest BCUT2D eigenvalue weighted by atomic mass is 16.5. The first-order chi connectivity index (χ1) is 19.5. The van der Waals surface area contributed by atoms with Crippen LogP contribution in [0.25, 0.3) is 11.0 Å². The van der Waals surface area contributed by atoms with Crippen molar-refractivity contribution in [3.63, 3.8) is 0 Å². The number of carbonyl (C=O) groups excluding carboxylic acids is 1. The molecule has 3 aliphatic rings. The van der Waals surface area contributed by atoms with Crippen LogP contribution in [-0.2, 0) is 24.2 Å². The van der Waals surface area contributed by atoms with E-state index < -0.39 is 0 Å². The molecule has 4 aromatic rings. The summed E-state index contributed by atoms with van der Waals surface area (Å²) in [6.45, 7) is 8.15. The number of hydrogen-bond donors (Lipinski definition) is 2. The topological polar surface area (TPSA) is 95.6 Å². The van der Waals surface area contributed by atoms with E-state index in [1.165, 1.54) is 11.1 Å². The average Bonchev–Trinajstić information content (AvgIpc) is 3.39. The molecule has 2 aromatic carbocycles. The number of aryl methyl sites for hydroxylation is 1. The van der Waals surface area contributed by atoms with E-state index >= 15 is 0 Å². The first-order valence-electron chi connectivity index (χ1n) is 14.1. The van der Waals surface area contributed by atoms with E-state index in [0.29, 0.717) is 25.3 Å². The van der Waals surface area contributed by atoms with Crippen LogP contribution in [-0.4, -0.2) is 70.5 Å². The summed E-state index contributed by atoms with van der Waals surface area (Å²) < 4.78 is 12.5. The predicted octanol–water partition coefficient (Wildman–Crippen LogP) is 4.41. The van der Waals surface area contributed by atoms with Crippen molar-refractivity contribution in [2.45, 2.75) is 38.6 Å². The zero-order chi connectivity index (χ0) is 27.2. The van der Waals surface area contributed by atoms with E-state index in [-0.39, 0.29) is 11.8 Å². The Bertz CT molecular complexity index is 1590. The molecule has 1 saturated heterocycles. The molecule has 9 nitrogen and oxygen atoms in total. The number of fused-ring (bicyclic) bond motifs is 3. The number of carbonyl (C=O) groups is 1. The van der Waals surface area contributed by atoms with Gasteiger partial charge in [0.2, 0.25) is 5.91 Å². The Hall–Kier alpha value is -3.95. The van der Waals surface area contributed by atoms with Gasteiger partial charge in [-0.3, -0.25) is 9.69 Å². The fraction of sp³-hybridized carbons (Fsp3) is 0.387. The first-order valence-corrected chi connectivity index (χ1v) is 14.1. The molecule has 9 heteroatoms. The SMILES string of the molecule is Cc1cc(CN2CCN(C)CC2)cc2[nH]c(C3COc4ccc(Oc5ccnc6c5CCC(=O)N6)cc4C3)nc12. The maximum Gasteiger partial charge on any atom is 0.225 e. The summed E-state index contributed by atoms with van der Waals surface area (Å²) in [5.74, 6) is 4.00. The minimum Gasteiger partial charge on any atom is -0.493 e. The van der Waals surface area contributed by atoms with Gasteiger partial charge in [0.05, 0.1) is 23.6 Å². The van der Waals surface area contributed by atoms with Crippen molar-refractivity contribution in [3.05, 3.63) is 70.7 Å². The standard InChI is InChI=1S/C31H34N6O3/c1-19-13-20(17-37-11-9-36(2)10-12-37)14-25-29(19)35-30(33-25)22-15-21-16-23(3-5-26(21)39-18-22)40-27-7-8-32-31-24(27)4-6-28(38)34-31/h3,5,7-8,13-14,16,22H,4,6,9-12,15,17-18H2,1-2H3,(H,33,35)(H,32,34,38). The lowest BCUT2D eigenvalue weighted by Crippen LogP contribution is -2.43. The molecule has 2 aromatic heterocycles. The van der Waals surface area contributed by atoms with Crippen LogP contribution in [0, 0.1) is 6.92 Å². The van der Waals surface area contributed by atoms with Gasteiger partial charge >= 0.3 is 0 Å². The largest absolute Gasteiger partial charge is 0.493 e. The molecule has 1 unspecified atom stereocenters. The number of piperazine rings is 1. The number of ether oxygens (including phenoxy) is 2. The van der Waals surface area contributed by atoms with Crippen LogP contribution in [0.4, 0.5) is 5.82 Å².